The molecule has 32 heavy (non-hydrogen) atoms. The van der Waals surface area contributed by atoms with Gasteiger partial charge in [0.05, 0.1) is 51.6 Å². The molecule has 0 radical (unpaired) electrons. The first kappa shape index (κ1) is 27.7. The van der Waals surface area contributed by atoms with Crippen molar-refractivity contribution < 1.29 is 56.9 Å². The van der Waals surface area contributed by atoms with Gasteiger partial charge in [0.15, 0.2) is 0 Å². The van der Waals surface area contributed by atoms with Crippen LogP contribution in [0.15, 0.2) is 58.8 Å². The van der Waals surface area contributed by atoms with E-state index in [1.807, 2.05) is 0 Å². The van der Waals surface area contributed by atoms with Crippen LogP contribution in [0, 0.1) is 0 Å². The van der Waals surface area contributed by atoms with E-state index in [0.717, 1.165) is 24.5 Å². The summed E-state index contributed by atoms with van der Waals surface area (Å²) in [5.41, 5.74) is 4.65. The number of hydrogen-bond acceptors (Lipinski definition) is 2. The van der Waals surface area contributed by atoms with E-state index in [9.17, 15) is 0 Å². The number of halogens is 2. The monoisotopic (exact) mass is 660 g/mol. The zero-order valence-electron chi connectivity index (χ0n) is 19.6. The minimum atomic E-state index is 0. The van der Waals surface area contributed by atoms with E-state index in [4.69, 9.17) is 0 Å². The lowest BCUT2D eigenvalue weighted by molar-refractivity contribution is -0.926. The quantitative estimate of drug-likeness (QED) is 0.244. The molecule has 4 rings (SSSR count). The number of rotatable bonds is 6. The van der Waals surface area contributed by atoms with Crippen molar-refractivity contribution in [2.24, 2.45) is 10.2 Å². The van der Waals surface area contributed by atoms with E-state index in [0.29, 0.717) is 0 Å². The maximum atomic E-state index is 4.46. The first-order valence-electron chi connectivity index (χ1n) is 11.8. The van der Waals surface area contributed by atoms with Crippen molar-refractivity contribution in [3.05, 3.63) is 59.7 Å². The zero-order valence-corrected chi connectivity index (χ0v) is 24.0. The molecule has 2 aliphatic rings. The summed E-state index contributed by atoms with van der Waals surface area (Å²) in [4.78, 5) is 0. The number of azo groups is 1. The number of piperidine rings is 2. The molecule has 2 heterocycles. The Labute approximate surface area is 228 Å². The van der Waals surface area contributed by atoms with Crippen LogP contribution < -0.4 is 48.0 Å². The summed E-state index contributed by atoms with van der Waals surface area (Å²) in [5.74, 6) is 0. The molecule has 0 N–H and O–H groups in total. The minimum Gasteiger partial charge on any atom is -1.00 e. The van der Waals surface area contributed by atoms with Gasteiger partial charge in [-0.1, -0.05) is 24.3 Å². The van der Waals surface area contributed by atoms with E-state index in [1.165, 1.54) is 84.8 Å². The second-order valence-corrected chi connectivity index (χ2v) is 10.1. The third-order valence-corrected chi connectivity index (χ3v) is 7.07. The van der Waals surface area contributed by atoms with Crippen molar-refractivity contribution in [3.8, 4) is 0 Å². The van der Waals surface area contributed by atoms with Gasteiger partial charge in [-0.05, 0) is 62.8 Å². The largest absolute Gasteiger partial charge is 1.00 e. The highest BCUT2D eigenvalue weighted by Gasteiger charge is 2.25. The molecule has 176 valence electrons. The molecule has 2 aromatic rings. The molecule has 0 unspecified atom stereocenters. The van der Waals surface area contributed by atoms with Crippen LogP contribution in [0.3, 0.4) is 0 Å². The van der Waals surface area contributed by atoms with Crippen LogP contribution >= 0.6 is 0 Å². The summed E-state index contributed by atoms with van der Waals surface area (Å²) in [7, 11) is 4.79. The molecule has 0 aromatic heterocycles. The van der Waals surface area contributed by atoms with Gasteiger partial charge in [-0.15, -0.1) is 0 Å². The lowest BCUT2D eigenvalue weighted by Crippen LogP contribution is -3.00. The zero-order chi connectivity index (χ0) is 20.9. The van der Waals surface area contributed by atoms with Gasteiger partial charge in [0.25, 0.3) is 0 Å². The third kappa shape index (κ3) is 8.02. The Balaban J connectivity index is 0.00000181. The molecule has 0 amide bonds. The van der Waals surface area contributed by atoms with Crippen molar-refractivity contribution in [2.75, 3.05) is 40.3 Å². The second kappa shape index (κ2) is 12.8. The predicted molar refractivity (Wildman–Crippen MR) is 124 cm³/mol. The van der Waals surface area contributed by atoms with Crippen molar-refractivity contribution in [2.45, 2.75) is 51.6 Å². The van der Waals surface area contributed by atoms with E-state index >= 15 is 0 Å². The average molecular weight is 660 g/mol. The van der Waals surface area contributed by atoms with Crippen LogP contribution in [-0.4, -0.2) is 49.2 Å². The maximum absolute atomic E-state index is 4.46. The molecular formula is C26H38I2N4. The lowest BCUT2D eigenvalue weighted by Gasteiger charge is -2.37. The van der Waals surface area contributed by atoms with Crippen molar-refractivity contribution in [1.82, 2.24) is 0 Å². The molecule has 0 saturated carbocycles. The highest BCUT2D eigenvalue weighted by molar-refractivity contribution is 5.42. The Kier molecular flexibility index (Phi) is 11.0. The molecule has 0 aliphatic carbocycles. The SMILES string of the molecule is C[N+]1(Cc2ccc(N=Nc3ccc(C[N+]4(C)CCCCC4)cc3)cc2)CCCCC1.[I-].[I-]. The van der Waals surface area contributed by atoms with Gasteiger partial charge in [-0.3, -0.25) is 0 Å². The number of nitrogens with zero attached hydrogens (tertiary/aromatic N) is 4. The van der Waals surface area contributed by atoms with Gasteiger partial charge in [-0.2, -0.15) is 10.2 Å². The van der Waals surface area contributed by atoms with Crippen molar-refractivity contribution in [3.63, 3.8) is 0 Å². The molecule has 2 aliphatic heterocycles. The van der Waals surface area contributed by atoms with Crippen LogP contribution in [0.1, 0.15) is 49.7 Å². The van der Waals surface area contributed by atoms with Crippen LogP contribution in [0.5, 0.6) is 0 Å². The standard InChI is InChI=1S/C26H38N4.2HI/c1-29(17-5-3-6-18-29)21-23-9-13-25(14-10-23)27-28-26-15-11-24(12-16-26)22-30(2)19-7-4-8-20-30;;/h9-16H,3-8,17-22H2,1-2H3;2*1H/q+2;;/p-2. The third-order valence-electron chi connectivity index (χ3n) is 7.07. The number of quaternary nitrogens is 2. The van der Waals surface area contributed by atoms with Gasteiger partial charge >= 0.3 is 0 Å². The van der Waals surface area contributed by atoms with Crippen LogP contribution in [0.25, 0.3) is 0 Å². The minimum absolute atomic E-state index is 0. The second-order valence-electron chi connectivity index (χ2n) is 10.1. The highest BCUT2D eigenvalue weighted by atomic mass is 127. The summed E-state index contributed by atoms with van der Waals surface area (Å²) in [6.45, 7) is 7.45. The highest BCUT2D eigenvalue weighted by Crippen LogP contribution is 2.25. The first-order chi connectivity index (χ1) is 14.5. The summed E-state index contributed by atoms with van der Waals surface area (Å²) >= 11 is 0. The molecule has 2 fully saturated rings. The maximum Gasteiger partial charge on any atom is 0.104 e. The molecule has 0 spiro atoms. The van der Waals surface area contributed by atoms with E-state index in [-0.39, 0.29) is 48.0 Å². The number of benzene rings is 2. The fraction of sp³-hybridized carbons (Fsp3) is 0.538. The summed E-state index contributed by atoms with van der Waals surface area (Å²) in [6.07, 6.45) is 8.23. The fourth-order valence-electron chi connectivity index (χ4n) is 5.20. The Morgan fingerprint density at radius 3 is 1.16 bits per heavy atom. The van der Waals surface area contributed by atoms with Crippen LogP contribution in [-0.2, 0) is 13.1 Å². The molecule has 6 heteroatoms. The summed E-state index contributed by atoms with van der Waals surface area (Å²) < 4.78 is 2.34. The molecule has 0 bridgehead atoms. The summed E-state index contributed by atoms with van der Waals surface area (Å²) in [6, 6.07) is 17.3. The molecular weight excluding hydrogens is 622 g/mol. The Bertz CT molecular complexity index is 766. The smallest absolute Gasteiger partial charge is 0.104 e. The van der Waals surface area contributed by atoms with Crippen LogP contribution in [0.2, 0.25) is 0 Å². The van der Waals surface area contributed by atoms with Gasteiger partial charge in [0.1, 0.15) is 13.1 Å². The Morgan fingerprint density at radius 2 is 0.844 bits per heavy atom. The molecule has 2 saturated heterocycles. The van der Waals surface area contributed by atoms with E-state index in [1.54, 1.807) is 0 Å². The van der Waals surface area contributed by atoms with Gasteiger partial charge < -0.3 is 56.9 Å². The topological polar surface area (TPSA) is 24.7 Å². The average Bonchev–Trinajstić information content (AvgIpc) is 2.75. The van der Waals surface area contributed by atoms with Gasteiger partial charge in [0, 0.05) is 11.1 Å². The van der Waals surface area contributed by atoms with Crippen molar-refractivity contribution in [1.29, 1.82) is 0 Å². The Morgan fingerprint density at radius 1 is 0.531 bits per heavy atom. The first-order valence-corrected chi connectivity index (χ1v) is 11.8. The van der Waals surface area contributed by atoms with Crippen molar-refractivity contribution >= 4 is 11.4 Å². The fourth-order valence-corrected chi connectivity index (χ4v) is 5.20. The predicted octanol–water partition coefficient (Wildman–Crippen LogP) is 0.371. The van der Waals surface area contributed by atoms with E-state index < -0.39 is 0 Å². The molecule has 2 aromatic carbocycles. The normalized spacial score (nSPS) is 19.7. The van der Waals surface area contributed by atoms with E-state index in [2.05, 4.69) is 72.9 Å². The Hall–Kier alpha value is -0.580. The lowest BCUT2D eigenvalue weighted by atomic mass is 10.1. The van der Waals surface area contributed by atoms with Gasteiger partial charge in [0.2, 0.25) is 0 Å². The number of hydrogen-bond donors (Lipinski definition) is 0. The molecule has 4 nitrogen and oxygen atoms in total. The molecule has 0 atom stereocenters. The summed E-state index contributed by atoms with van der Waals surface area (Å²) in [5, 5.41) is 8.91. The number of likely N-dealkylation sites (tertiary alicyclic amines) is 2. The van der Waals surface area contributed by atoms with Gasteiger partial charge in [-0.25, -0.2) is 0 Å². The van der Waals surface area contributed by atoms with Crippen LogP contribution in [0.4, 0.5) is 11.4 Å².